The molecule has 1 heterocycles. The van der Waals surface area contributed by atoms with Crippen LogP contribution in [-0.2, 0) is 6.54 Å². The number of nitrogens with zero attached hydrogens (tertiary/aromatic N) is 1. The van der Waals surface area contributed by atoms with E-state index in [1.807, 2.05) is 30.3 Å². The van der Waals surface area contributed by atoms with Crippen molar-refractivity contribution in [3.63, 3.8) is 0 Å². The van der Waals surface area contributed by atoms with Crippen molar-refractivity contribution < 1.29 is 4.39 Å². The monoisotopic (exact) mass is 336 g/mol. The Kier molecular flexibility index (Phi) is 5.26. The van der Waals surface area contributed by atoms with Gasteiger partial charge in [0.15, 0.2) is 0 Å². The summed E-state index contributed by atoms with van der Waals surface area (Å²) < 4.78 is 13.8. The van der Waals surface area contributed by atoms with Crippen molar-refractivity contribution in [2.24, 2.45) is 5.92 Å². The van der Waals surface area contributed by atoms with Crippen molar-refractivity contribution in [3.8, 4) is 0 Å². The Morgan fingerprint density at radius 1 is 1.15 bits per heavy atom. The molecule has 1 aromatic heterocycles. The third kappa shape index (κ3) is 4.12. The largest absolute Gasteiger partial charge is 0.304 e. The topological polar surface area (TPSA) is 24.9 Å². The number of pyridine rings is 1. The summed E-state index contributed by atoms with van der Waals surface area (Å²) >= 11 is 3.37. The highest BCUT2D eigenvalue weighted by Gasteiger charge is 2.15. The summed E-state index contributed by atoms with van der Waals surface area (Å²) in [5, 5.41) is 3.49. The molecule has 1 unspecified atom stereocenters. The normalized spacial score (nSPS) is 12.7. The van der Waals surface area contributed by atoms with Crippen molar-refractivity contribution in [1.82, 2.24) is 10.3 Å². The predicted octanol–water partition coefficient (Wildman–Crippen LogP) is 4.47. The first-order valence-electron chi connectivity index (χ1n) is 6.66. The number of benzene rings is 1. The predicted molar refractivity (Wildman–Crippen MR) is 82.8 cm³/mol. The van der Waals surface area contributed by atoms with Gasteiger partial charge in [0.2, 0.25) is 0 Å². The lowest BCUT2D eigenvalue weighted by Crippen LogP contribution is -2.25. The third-order valence-corrected chi connectivity index (χ3v) is 3.61. The Balaban J connectivity index is 2.08. The molecular weight excluding hydrogens is 319 g/mol. The molecule has 1 N–H and O–H groups in total. The number of halogens is 2. The van der Waals surface area contributed by atoms with Gasteiger partial charge in [0.05, 0.1) is 5.69 Å². The Morgan fingerprint density at radius 3 is 2.45 bits per heavy atom. The molecule has 20 heavy (non-hydrogen) atoms. The van der Waals surface area contributed by atoms with E-state index in [-0.39, 0.29) is 11.9 Å². The van der Waals surface area contributed by atoms with Gasteiger partial charge in [0.1, 0.15) is 10.4 Å². The lowest BCUT2D eigenvalue weighted by Gasteiger charge is -2.23. The molecule has 2 aromatic rings. The SMILES string of the molecule is CC(C)C(NCc1cccc(Br)n1)c1ccc(F)cc1. The van der Waals surface area contributed by atoms with Crippen LogP contribution in [0.5, 0.6) is 0 Å². The zero-order valence-electron chi connectivity index (χ0n) is 11.6. The van der Waals surface area contributed by atoms with Crippen molar-refractivity contribution in [1.29, 1.82) is 0 Å². The minimum absolute atomic E-state index is 0.177. The van der Waals surface area contributed by atoms with Crippen LogP contribution < -0.4 is 5.32 Å². The van der Waals surface area contributed by atoms with Gasteiger partial charge in [0.25, 0.3) is 0 Å². The van der Waals surface area contributed by atoms with Gasteiger partial charge in [-0.25, -0.2) is 9.37 Å². The molecule has 0 spiro atoms. The Bertz CT molecular complexity index is 555. The van der Waals surface area contributed by atoms with Gasteiger partial charge in [-0.3, -0.25) is 0 Å². The van der Waals surface area contributed by atoms with E-state index in [9.17, 15) is 4.39 Å². The fraction of sp³-hybridized carbons (Fsp3) is 0.312. The Morgan fingerprint density at radius 2 is 1.85 bits per heavy atom. The van der Waals surface area contributed by atoms with Crippen LogP contribution in [0, 0.1) is 11.7 Å². The first-order valence-corrected chi connectivity index (χ1v) is 7.46. The minimum atomic E-state index is -0.204. The molecule has 1 atom stereocenters. The molecule has 0 aliphatic heterocycles. The summed E-state index contributed by atoms with van der Waals surface area (Å²) in [4.78, 5) is 4.41. The summed E-state index contributed by atoms with van der Waals surface area (Å²) in [6.07, 6.45) is 0. The second-order valence-corrected chi connectivity index (χ2v) is 5.92. The second kappa shape index (κ2) is 6.95. The lowest BCUT2D eigenvalue weighted by molar-refractivity contribution is 0.408. The summed E-state index contributed by atoms with van der Waals surface area (Å²) in [5.74, 6) is 0.206. The first-order chi connectivity index (χ1) is 9.56. The Hall–Kier alpha value is -1.26. The highest BCUT2D eigenvalue weighted by molar-refractivity contribution is 9.10. The molecular formula is C16H18BrFN2. The maximum Gasteiger partial charge on any atom is 0.123 e. The number of rotatable bonds is 5. The van der Waals surface area contributed by atoms with Gasteiger partial charge in [-0.1, -0.05) is 32.0 Å². The van der Waals surface area contributed by atoms with Gasteiger partial charge in [-0.15, -0.1) is 0 Å². The van der Waals surface area contributed by atoms with Crippen molar-refractivity contribution in [2.75, 3.05) is 0 Å². The van der Waals surface area contributed by atoms with Gasteiger partial charge in [-0.2, -0.15) is 0 Å². The molecule has 4 heteroatoms. The van der Waals surface area contributed by atoms with Crippen LogP contribution in [-0.4, -0.2) is 4.98 Å². The average molecular weight is 337 g/mol. The van der Waals surface area contributed by atoms with Gasteiger partial charge >= 0.3 is 0 Å². The zero-order chi connectivity index (χ0) is 14.5. The standard InChI is InChI=1S/C16H18BrFN2/c1-11(2)16(12-6-8-13(18)9-7-12)19-10-14-4-3-5-15(17)20-14/h3-9,11,16,19H,10H2,1-2H3. The average Bonchev–Trinajstić information content (AvgIpc) is 2.41. The quantitative estimate of drug-likeness (QED) is 0.815. The lowest BCUT2D eigenvalue weighted by atomic mass is 9.96. The molecule has 0 aliphatic carbocycles. The molecule has 2 nitrogen and oxygen atoms in total. The van der Waals surface area contributed by atoms with Crippen LogP contribution in [0.2, 0.25) is 0 Å². The van der Waals surface area contributed by atoms with Crippen LogP contribution in [0.1, 0.15) is 31.1 Å². The zero-order valence-corrected chi connectivity index (χ0v) is 13.2. The maximum absolute atomic E-state index is 13.0. The van der Waals surface area contributed by atoms with Crippen molar-refractivity contribution >= 4 is 15.9 Å². The molecule has 2 rings (SSSR count). The summed E-state index contributed by atoms with van der Waals surface area (Å²) in [6.45, 7) is 4.98. The van der Waals surface area contributed by atoms with E-state index in [1.165, 1.54) is 12.1 Å². The highest BCUT2D eigenvalue weighted by Crippen LogP contribution is 2.22. The first kappa shape index (κ1) is 15.1. The fourth-order valence-electron chi connectivity index (χ4n) is 2.17. The van der Waals surface area contributed by atoms with E-state index in [0.29, 0.717) is 12.5 Å². The summed E-state index contributed by atoms with van der Waals surface area (Å²) in [5.41, 5.74) is 2.07. The molecule has 0 saturated heterocycles. The van der Waals surface area contributed by atoms with E-state index < -0.39 is 0 Å². The maximum atomic E-state index is 13.0. The molecule has 1 aromatic carbocycles. The van der Waals surface area contributed by atoms with Crippen LogP contribution in [0.3, 0.4) is 0 Å². The van der Waals surface area contributed by atoms with Gasteiger partial charge < -0.3 is 5.32 Å². The third-order valence-electron chi connectivity index (χ3n) is 3.17. The van der Waals surface area contributed by atoms with Crippen molar-refractivity contribution in [3.05, 3.63) is 64.1 Å². The van der Waals surface area contributed by atoms with E-state index in [4.69, 9.17) is 0 Å². The summed E-state index contributed by atoms with van der Waals surface area (Å²) in [7, 11) is 0. The minimum Gasteiger partial charge on any atom is -0.304 e. The second-order valence-electron chi connectivity index (χ2n) is 5.11. The van der Waals surface area contributed by atoms with E-state index in [1.54, 1.807) is 0 Å². The Labute approximate surface area is 127 Å². The van der Waals surface area contributed by atoms with Crippen LogP contribution in [0.15, 0.2) is 47.1 Å². The molecule has 0 amide bonds. The molecule has 0 radical (unpaired) electrons. The van der Waals surface area contributed by atoms with Gasteiger partial charge in [0, 0.05) is 12.6 Å². The summed E-state index contributed by atoms with van der Waals surface area (Å²) in [6, 6.07) is 12.7. The van der Waals surface area contributed by atoms with E-state index >= 15 is 0 Å². The van der Waals surface area contributed by atoms with E-state index in [0.717, 1.165) is 15.9 Å². The van der Waals surface area contributed by atoms with E-state index in [2.05, 4.69) is 40.1 Å². The van der Waals surface area contributed by atoms with Crippen molar-refractivity contribution in [2.45, 2.75) is 26.4 Å². The molecule has 106 valence electrons. The highest BCUT2D eigenvalue weighted by atomic mass is 79.9. The fourth-order valence-corrected chi connectivity index (χ4v) is 2.55. The van der Waals surface area contributed by atoms with Gasteiger partial charge in [-0.05, 0) is 51.7 Å². The number of nitrogens with one attached hydrogen (secondary N) is 1. The smallest absolute Gasteiger partial charge is 0.123 e. The van der Waals surface area contributed by atoms with Crippen LogP contribution in [0.25, 0.3) is 0 Å². The van der Waals surface area contributed by atoms with Crippen LogP contribution in [0.4, 0.5) is 4.39 Å². The number of hydrogen-bond acceptors (Lipinski definition) is 2. The number of hydrogen-bond donors (Lipinski definition) is 1. The van der Waals surface area contributed by atoms with Crippen LogP contribution >= 0.6 is 15.9 Å². The molecule has 0 aliphatic rings. The molecule has 0 bridgehead atoms. The molecule has 0 saturated carbocycles. The molecule has 0 fully saturated rings. The number of aromatic nitrogens is 1.